The lowest BCUT2D eigenvalue weighted by atomic mass is 9.96. The van der Waals surface area contributed by atoms with E-state index in [1.807, 2.05) is 13.0 Å². The first-order valence-electron chi connectivity index (χ1n) is 6.71. The van der Waals surface area contributed by atoms with Gasteiger partial charge in [0, 0.05) is 24.7 Å². The molecule has 0 radical (unpaired) electrons. The largest absolute Gasteiger partial charge is 0.363 e. The molecule has 1 aromatic rings. The fraction of sp³-hybridized carbons (Fsp3) is 0.600. The summed E-state index contributed by atoms with van der Waals surface area (Å²) in [5.74, 6) is -0.105. The van der Waals surface area contributed by atoms with Gasteiger partial charge in [-0.05, 0) is 38.8 Å². The second-order valence-corrected chi connectivity index (χ2v) is 5.86. The molecule has 100 valence electrons. The molecule has 1 fully saturated rings. The Hall–Kier alpha value is -1.09. The van der Waals surface area contributed by atoms with Gasteiger partial charge in [-0.25, -0.2) is 4.39 Å². The van der Waals surface area contributed by atoms with E-state index in [-0.39, 0.29) is 11.4 Å². The fourth-order valence-corrected chi connectivity index (χ4v) is 2.73. The van der Waals surface area contributed by atoms with Crippen molar-refractivity contribution in [2.24, 2.45) is 0 Å². The maximum Gasteiger partial charge on any atom is 0.146 e. The molecule has 2 nitrogen and oxygen atoms in total. The average Bonchev–Trinajstić information content (AvgIpc) is 2.28. The normalized spacial score (nSPS) is 23.2. The number of aryl methyl sites for hydroxylation is 1. The van der Waals surface area contributed by atoms with Gasteiger partial charge in [0.2, 0.25) is 0 Å². The molecule has 1 aromatic carbocycles. The number of halogens is 1. The third-order valence-corrected chi connectivity index (χ3v) is 3.77. The molecule has 1 aliphatic heterocycles. The van der Waals surface area contributed by atoms with Crippen LogP contribution in [0, 0.1) is 12.7 Å². The lowest BCUT2D eigenvalue weighted by Gasteiger charge is -2.46. The summed E-state index contributed by atoms with van der Waals surface area (Å²) < 4.78 is 14.1. The second-order valence-electron chi connectivity index (χ2n) is 5.86. The monoisotopic (exact) mass is 250 g/mol. The van der Waals surface area contributed by atoms with Crippen LogP contribution in [0.15, 0.2) is 18.2 Å². The zero-order valence-corrected chi connectivity index (χ0v) is 11.8. The lowest BCUT2D eigenvalue weighted by molar-refractivity contribution is 0.304. The van der Waals surface area contributed by atoms with Crippen molar-refractivity contribution < 1.29 is 4.39 Å². The highest BCUT2D eigenvalue weighted by Crippen LogP contribution is 2.30. The Morgan fingerprint density at radius 3 is 2.78 bits per heavy atom. The van der Waals surface area contributed by atoms with Gasteiger partial charge in [-0.15, -0.1) is 0 Å². The van der Waals surface area contributed by atoms with Crippen molar-refractivity contribution in [3.8, 4) is 0 Å². The van der Waals surface area contributed by atoms with E-state index in [4.69, 9.17) is 0 Å². The van der Waals surface area contributed by atoms with Crippen molar-refractivity contribution in [1.29, 1.82) is 0 Å². The first-order chi connectivity index (χ1) is 8.44. The van der Waals surface area contributed by atoms with E-state index in [2.05, 4.69) is 31.0 Å². The number of para-hydroxylation sites is 1. The number of rotatable bonds is 2. The summed E-state index contributed by atoms with van der Waals surface area (Å²) in [5.41, 5.74) is 1.82. The van der Waals surface area contributed by atoms with Crippen LogP contribution in [0.25, 0.3) is 0 Å². The molecule has 0 aromatic heterocycles. The molecule has 0 amide bonds. The Morgan fingerprint density at radius 2 is 2.17 bits per heavy atom. The number of piperazine rings is 1. The maximum absolute atomic E-state index is 14.1. The van der Waals surface area contributed by atoms with E-state index in [1.165, 1.54) is 0 Å². The predicted molar refractivity (Wildman–Crippen MR) is 74.6 cm³/mol. The number of hydrogen-bond acceptors (Lipinski definition) is 2. The highest BCUT2D eigenvalue weighted by molar-refractivity contribution is 5.56. The smallest absolute Gasteiger partial charge is 0.146 e. The Labute approximate surface area is 109 Å². The molecule has 18 heavy (non-hydrogen) atoms. The third kappa shape index (κ3) is 2.51. The molecule has 0 aliphatic carbocycles. The zero-order valence-electron chi connectivity index (χ0n) is 11.8. The first-order valence-corrected chi connectivity index (χ1v) is 6.71. The summed E-state index contributed by atoms with van der Waals surface area (Å²) in [6.07, 6.45) is 1.02. The number of benzene rings is 1. The van der Waals surface area contributed by atoms with E-state index >= 15 is 0 Å². The van der Waals surface area contributed by atoms with Gasteiger partial charge >= 0.3 is 0 Å². The van der Waals surface area contributed by atoms with E-state index < -0.39 is 0 Å². The summed E-state index contributed by atoms with van der Waals surface area (Å²) >= 11 is 0. The molecular formula is C15H23FN2. The van der Waals surface area contributed by atoms with Crippen molar-refractivity contribution in [1.82, 2.24) is 5.32 Å². The second kappa shape index (κ2) is 4.88. The number of anilines is 1. The van der Waals surface area contributed by atoms with Gasteiger partial charge in [0.1, 0.15) is 5.82 Å². The van der Waals surface area contributed by atoms with Gasteiger partial charge in [0.15, 0.2) is 0 Å². The minimum absolute atomic E-state index is 0.0282. The van der Waals surface area contributed by atoms with E-state index in [0.29, 0.717) is 6.04 Å². The Balaban J connectivity index is 2.39. The Morgan fingerprint density at radius 1 is 1.44 bits per heavy atom. The van der Waals surface area contributed by atoms with Crippen LogP contribution in [0.1, 0.15) is 32.8 Å². The molecular weight excluding hydrogens is 227 g/mol. The Kier molecular flexibility index (Phi) is 3.62. The van der Waals surface area contributed by atoms with Crippen LogP contribution >= 0.6 is 0 Å². The average molecular weight is 250 g/mol. The summed E-state index contributed by atoms with van der Waals surface area (Å²) in [4.78, 5) is 2.24. The quantitative estimate of drug-likeness (QED) is 0.867. The molecule has 3 heteroatoms. The van der Waals surface area contributed by atoms with Crippen molar-refractivity contribution in [2.75, 3.05) is 18.0 Å². The third-order valence-electron chi connectivity index (χ3n) is 3.77. The molecule has 1 saturated heterocycles. The maximum atomic E-state index is 14.1. The Bertz CT molecular complexity index is 408. The molecule has 1 aliphatic rings. The summed E-state index contributed by atoms with van der Waals surface area (Å²) in [6.45, 7) is 10.2. The topological polar surface area (TPSA) is 15.3 Å². The number of nitrogens with one attached hydrogen (secondary N) is 1. The summed E-state index contributed by atoms with van der Waals surface area (Å²) in [5, 5.41) is 3.53. The van der Waals surface area contributed by atoms with Gasteiger partial charge in [-0.1, -0.05) is 19.1 Å². The molecule has 2 rings (SSSR count). The van der Waals surface area contributed by atoms with E-state index in [9.17, 15) is 4.39 Å². The van der Waals surface area contributed by atoms with Gasteiger partial charge in [0.05, 0.1) is 5.69 Å². The molecule has 0 spiro atoms. The van der Waals surface area contributed by atoms with Crippen LogP contribution < -0.4 is 10.2 Å². The number of nitrogens with zero attached hydrogens (tertiary/aromatic N) is 1. The highest BCUT2D eigenvalue weighted by Gasteiger charge is 2.33. The molecule has 1 atom stereocenters. The van der Waals surface area contributed by atoms with Gasteiger partial charge < -0.3 is 10.2 Å². The zero-order chi connectivity index (χ0) is 13.3. The lowest BCUT2D eigenvalue weighted by Crippen LogP contribution is -2.62. The van der Waals surface area contributed by atoms with Crippen molar-refractivity contribution in [2.45, 2.75) is 45.7 Å². The molecule has 1 heterocycles. The van der Waals surface area contributed by atoms with Crippen LogP contribution in [0.2, 0.25) is 0 Å². The SMILES string of the molecule is CCC1CNC(C)(C)CN1c1c(C)cccc1F. The van der Waals surface area contributed by atoms with Crippen molar-refractivity contribution in [3.63, 3.8) is 0 Å². The van der Waals surface area contributed by atoms with Gasteiger partial charge in [0.25, 0.3) is 0 Å². The van der Waals surface area contributed by atoms with Gasteiger partial charge in [-0.3, -0.25) is 0 Å². The van der Waals surface area contributed by atoms with Crippen LogP contribution in [-0.4, -0.2) is 24.7 Å². The van der Waals surface area contributed by atoms with Crippen molar-refractivity contribution >= 4 is 5.69 Å². The van der Waals surface area contributed by atoms with Crippen LogP contribution in [-0.2, 0) is 0 Å². The summed E-state index contributed by atoms with van der Waals surface area (Å²) in [6, 6.07) is 5.70. The fourth-order valence-electron chi connectivity index (χ4n) is 2.73. The number of hydrogen-bond donors (Lipinski definition) is 1. The first kappa shape index (κ1) is 13.3. The molecule has 1 unspecified atom stereocenters. The van der Waals surface area contributed by atoms with Crippen LogP contribution in [0.3, 0.4) is 0 Å². The van der Waals surface area contributed by atoms with Crippen LogP contribution in [0.4, 0.5) is 10.1 Å². The summed E-state index contributed by atoms with van der Waals surface area (Å²) in [7, 11) is 0. The van der Waals surface area contributed by atoms with E-state index in [1.54, 1.807) is 12.1 Å². The molecule has 0 saturated carbocycles. The van der Waals surface area contributed by atoms with E-state index in [0.717, 1.165) is 30.8 Å². The molecule has 0 bridgehead atoms. The van der Waals surface area contributed by atoms with Crippen molar-refractivity contribution in [3.05, 3.63) is 29.6 Å². The highest BCUT2D eigenvalue weighted by atomic mass is 19.1. The van der Waals surface area contributed by atoms with Gasteiger partial charge in [-0.2, -0.15) is 0 Å². The standard InChI is InChI=1S/C15H23FN2/c1-5-12-9-17-15(3,4)10-18(12)14-11(2)7-6-8-13(14)16/h6-8,12,17H,5,9-10H2,1-4H3. The predicted octanol–water partition coefficient (Wildman–Crippen LogP) is 3.10. The minimum atomic E-state index is -0.105. The van der Waals surface area contributed by atoms with Crippen LogP contribution in [0.5, 0.6) is 0 Å². The molecule has 1 N–H and O–H groups in total. The minimum Gasteiger partial charge on any atom is -0.363 e.